The second-order valence-corrected chi connectivity index (χ2v) is 15.1. The highest BCUT2D eigenvalue weighted by molar-refractivity contribution is 5.82. The molecule has 4 unspecified atom stereocenters. The number of hydrogen-bond donors (Lipinski definition) is 4. The van der Waals surface area contributed by atoms with Gasteiger partial charge in [-0.3, -0.25) is 9.59 Å². The van der Waals surface area contributed by atoms with Gasteiger partial charge in [0.1, 0.15) is 6.10 Å². The molecule has 2 rings (SSSR count). The van der Waals surface area contributed by atoms with Gasteiger partial charge in [0.05, 0.1) is 12.5 Å². The van der Waals surface area contributed by atoms with Crippen molar-refractivity contribution in [2.24, 2.45) is 17.3 Å². The van der Waals surface area contributed by atoms with Crippen LogP contribution in [0.15, 0.2) is 0 Å². The summed E-state index contributed by atoms with van der Waals surface area (Å²) in [6.07, 6.45) is 23.6. The smallest absolute Gasteiger partial charge is 0.315 e. The first-order valence-corrected chi connectivity index (χ1v) is 18.8. The zero-order chi connectivity index (χ0) is 33.8. The molecule has 1 saturated carbocycles. The zero-order valence-electron chi connectivity index (χ0n) is 30.1. The van der Waals surface area contributed by atoms with Gasteiger partial charge in [-0.25, -0.2) is 4.79 Å². The molecule has 1 saturated heterocycles. The van der Waals surface area contributed by atoms with E-state index in [1.54, 1.807) is 13.8 Å². The fourth-order valence-corrected chi connectivity index (χ4v) is 6.96. The van der Waals surface area contributed by atoms with Crippen LogP contribution >= 0.6 is 0 Å². The van der Waals surface area contributed by atoms with E-state index in [1.807, 2.05) is 13.8 Å². The molecule has 2 fully saturated rings. The molecule has 3 amide bonds. The predicted octanol–water partition coefficient (Wildman–Crippen LogP) is 8.10. The van der Waals surface area contributed by atoms with Crippen molar-refractivity contribution >= 4 is 17.9 Å². The number of nitrogens with one attached hydrogen (secondary N) is 3. The highest BCUT2D eigenvalue weighted by Gasteiger charge is 2.46. The molecule has 0 aromatic heterocycles. The highest BCUT2D eigenvalue weighted by atomic mass is 16.7. The minimum atomic E-state index is -0.958. The van der Waals surface area contributed by atoms with Crippen molar-refractivity contribution in [1.29, 1.82) is 0 Å². The van der Waals surface area contributed by atoms with Crippen molar-refractivity contribution in [1.82, 2.24) is 16.0 Å². The minimum Gasteiger partial charge on any atom is -0.481 e. The summed E-state index contributed by atoms with van der Waals surface area (Å²) in [5.41, 5.74) is -0.544. The predicted molar refractivity (Wildman–Crippen MR) is 185 cm³/mol. The van der Waals surface area contributed by atoms with E-state index < -0.39 is 29.2 Å². The minimum absolute atomic E-state index is 0.00491. The van der Waals surface area contributed by atoms with Crippen LogP contribution in [0.5, 0.6) is 0 Å². The molecule has 0 aromatic carbocycles. The Balaban J connectivity index is 1.61. The molecule has 0 bridgehead atoms. The first-order valence-electron chi connectivity index (χ1n) is 18.8. The Kier molecular flexibility index (Phi) is 19.2. The van der Waals surface area contributed by atoms with Gasteiger partial charge in [-0.05, 0) is 39.0 Å². The van der Waals surface area contributed by atoms with E-state index in [1.165, 1.54) is 89.9 Å². The van der Waals surface area contributed by atoms with Crippen molar-refractivity contribution in [2.75, 3.05) is 19.7 Å². The maximum Gasteiger partial charge on any atom is 0.315 e. The lowest BCUT2D eigenvalue weighted by Gasteiger charge is -2.45. The largest absolute Gasteiger partial charge is 0.481 e. The molecule has 0 radical (unpaired) electrons. The average Bonchev–Trinajstić information content (AvgIpc) is 3.00. The Morgan fingerprint density at radius 1 is 0.761 bits per heavy atom. The van der Waals surface area contributed by atoms with Gasteiger partial charge in [-0.1, -0.05) is 130 Å². The topological polar surface area (TPSA) is 126 Å². The Morgan fingerprint density at radius 2 is 1.28 bits per heavy atom. The number of aliphatic carboxylic acids is 1. The molecular formula is C37H69N3O6. The lowest BCUT2D eigenvalue weighted by molar-refractivity contribution is -0.304. The van der Waals surface area contributed by atoms with Crippen molar-refractivity contribution in [2.45, 2.75) is 181 Å². The summed E-state index contributed by atoms with van der Waals surface area (Å²) in [5.74, 6) is -3.23. The molecule has 9 nitrogen and oxygen atoms in total. The Hall–Kier alpha value is -1.87. The number of carbonyl (C=O) groups is 3. The molecule has 4 atom stereocenters. The van der Waals surface area contributed by atoms with Crippen LogP contribution in [0.25, 0.3) is 0 Å². The van der Waals surface area contributed by atoms with Gasteiger partial charge >= 0.3 is 12.0 Å². The SMILES string of the molecule is CCCCCCCCCCCCCCCCCCNC(=O)NC1CCCCC1C(CNC(=O)C1OC(C)(C)OCC1(C)C)C(=O)O. The standard InChI is InChI=1S/C37H69N3O6/c1-6-7-8-9-10-11-12-13-14-15-16-17-18-19-20-23-26-38-35(44)40-31-25-22-21-24-29(31)30(34(42)43)27-39-33(41)32-36(2,3)28-45-37(4,5)46-32/h29-32H,6-28H2,1-5H3,(H,39,41)(H,42,43)(H2,38,40,44). The number of carboxylic acids is 1. The summed E-state index contributed by atoms with van der Waals surface area (Å²) in [6.45, 7) is 10.6. The van der Waals surface area contributed by atoms with E-state index in [9.17, 15) is 19.5 Å². The first kappa shape index (κ1) is 40.3. The third kappa shape index (κ3) is 15.8. The van der Waals surface area contributed by atoms with Gasteiger partial charge in [0.2, 0.25) is 5.91 Å². The summed E-state index contributed by atoms with van der Waals surface area (Å²) in [5, 5.41) is 19.0. The van der Waals surface area contributed by atoms with E-state index in [0.29, 0.717) is 19.6 Å². The molecule has 2 aliphatic rings. The lowest BCUT2D eigenvalue weighted by atomic mass is 9.76. The fourth-order valence-electron chi connectivity index (χ4n) is 6.96. The van der Waals surface area contributed by atoms with Gasteiger partial charge in [0, 0.05) is 24.5 Å². The highest BCUT2D eigenvalue weighted by Crippen LogP contribution is 2.35. The maximum atomic E-state index is 13.1. The Labute approximate surface area is 280 Å². The van der Waals surface area contributed by atoms with E-state index in [0.717, 1.165) is 32.1 Å². The number of ether oxygens (including phenoxy) is 2. The number of carbonyl (C=O) groups excluding carboxylic acids is 2. The van der Waals surface area contributed by atoms with Crippen LogP contribution in [0.2, 0.25) is 0 Å². The van der Waals surface area contributed by atoms with Crippen molar-refractivity contribution in [3.05, 3.63) is 0 Å². The van der Waals surface area contributed by atoms with E-state index in [4.69, 9.17) is 9.47 Å². The van der Waals surface area contributed by atoms with Crippen molar-refractivity contribution in [3.63, 3.8) is 0 Å². The van der Waals surface area contributed by atoms with Crippen LogP contribution in [0, 0.1) is 17.3 Å². The summed E-state index contributed by atoms with van der Waals surface area (Å²) in [7, 11) is 0. The molecule has 1 aliphatic carbocycles. The number of hydrogen-bond acceptors (Lipinski definition) is 5. The molecule has 0 aromatic rings. The second kappa shape index (κ2) is 21.9. The van der Waals surface area contributed by atoms with Gasteiger partial charge in [0.25, 0.3) is 0 Å². The summed E-state index contributed by atoms with van der Waals surface area (Å²) in [6, 6.07) is -0.474. The molecule has 0 spiro atoms. The van der Waals surface area contributed by atoms with Crippen LogP contribution < -0.4 is 16.0 Å². The Morgan fingerprint density at radius 3 is 1.83 bits per heavy atom. The number of unbranched alkanes of at least 4 members (excludes halogenated alkanes) is 15. The molecule has 1 heterocycles. The molecular weight excluding hydrogens is 582 g/mol. The number of amides is 3. The maximum absolute atomic E-state index is 13.1. The lowest BCUT2D eigenvalue weighted by Crippen LogP contribution is -2.57. The van der Waals surface area contributed by atoms with Crippen LogP contribution in [0.4, 0.5) is 4.79 Å². The third-order valence-corrected chi connectivity index (χ3v) is 9.92. The van der Waals surface area contributed by atoms with Crippen molar-refractivity contribution in [3.8, 4) is 0 Å². The van der Waals surface area contributed by atoms with E-state index in [-0.39, 0.29) is 30.4 Å². The van der Waals surface area contributed by atoms with Gasteiger partial charge in [-0.2, -0.15) is 0 Å². The van der Waals surface area contributed by atoms with Crippen LogP contribution in [-0.4, -0.2) is 60.6 Å². The van der Waals surface area contributed by atoms with Crippen LogP contribution in [0.3, 0.4) is 0 Å². The van der Waals surface area contributed by atoms with Crippen LogP contribution in [0.1, 0.15) is 163 Å². The van der Waals surface area contributed by atoms with Gasteiger partial charge < -0.3 is 30.5 Å². The number of rotatable bonds is 23. The number of urea groups is 1. The summed E-state index contributed by atoms with van der Waals surface area (Å²) >= 11 is 0. The quantitative estimate of drug-likeness (QED) is 0.0828. The fraction of sp³-hybridized carbons (Fsp3) is 0.919. The average molecular weight is 652 g/mol. The van der Waals surface area contributed by atoms with Gasteiger partial charge in [-0.15, -0.1) is 0 Å². The molecule has 4 N–H and O–H groups in total. The second-order valence-electron chi connectivity index (χ2n) is 15.1. The van der Waals surface area contributed by atoms with E-state index >= 15 is 0 Å². The summed E-state index contributed by atoms with van der Waals surface area (Å²) < 4.78 is 11.6. The van der Waals surface area contributed by atoms with Crippen LogP contribution in [-0.2, 0) is 19.1 Å². The molecule has 1 aliphatic heterocycles. The van der Waals surface area contributed by atoms with Gasteiger partial charge in [0.15, 0.2) is 5.79 Å². The Bertz CT molecular complexity index is 879. The third-order valence-electron chi connectivity index (χ3n) is 9.92. The summed E-state index contributed by atoms with van der Waals surface area (Å²) in [4.78, 5) is 38.3. The van der Waals surface area contributed by atoms with Crippen molar-refractivity contribution < 1.29 is 29.0 Å². The monoisotopic (exact) mass is 652 g/mol. The van der Waals surface area contributed by atoms with E-state index in [2.05, 4.69) is 22.9 Å². The molecule has 9 heteroatoms. The first-order chi connectivity index (χ1) is 22.0. The molecule has 46 heavy (non-hydrogen) atoms. The zero-order valence-corrected chi connectivity index (χ0v) is 30.1. The normalized spacial score (nSPS) is 22.9. The number of carboxylic acid groups (broad SMARTS) is 1. The molecule has 268 valence electrons.